The Morgan fingerprint density at radius 2 is 1.97 bits per heavy atom. The lowest BCUT2D eigenvalue weighted by atomic mass is 10.1. The van der Waals surface area contributed by atoms with Crippen molar-refractivity contribution in [3.8, 4) is 0 Å². The molecule has 5 rings (SSSR count). The maximum atomic E-state index is 13.4. The van der Waals surface area contributed by atoms with Gasteiger partial charge in [0.15, 0.2) is 0 Å². The number of thiophene rings is 1. The Kier molecular flexibility index (Phi) is 5.05. The zero-order chi connectivity index (χ0) is 20.7. The largest absolute Gasteiger partial charge is 0.331 e. The number of halogens is 1. The number of carbonyl (C=O) groups excluding carboxylic acids is 1. The van der Waals surface area contributed by atoms with Crippen molar-refractivity contribution in [1.82, 2.24) is 19.7 Å². The van der Waals surface area contributed by atoms with Crippen molar-refractivity contribution < 1.29 is 4.79 Å². The third kappa shape index (κ3) is 3.50. The Labute approximate surface area is 183 Å². The number of aryl methyl sites for hydroxylation is 1. The highest BCUT2D eigenvalue weighted by atomic mass is 35.5. The Balaban J connectivity index is 1.45. The summed E-state index contributed by atoms with van der Waals surface area (Å²) in [6.07, 6.45) is 5.60. The molecule has 152 valence electrons. The third-order valence-corrected chi connectivity index (χ3v) is 7.06. The summed E-state index contributed by atoms with van der Waals surface area (Å²) < 4.78 is 1.99. The van der Waals surface area contributed by atoms with Crippen LogP contribution < -0.4 is 0 Å². The average Bonchev–Trinajstić information content (AvgIpc) is 3.48. The minimum atomic E-state index is 0.105. The zero-order valence-electron chi connectivity index (χ0n) is 16.6. The van der Waals surface area contributed by atoms with Gasteiger partial charge < -0.3 is 4.90 Å². The SMILES string of the molecule is Cc1nn(Cc2ccc(Cl)cc2)c2sc(C(=O)N3CCC[C@@H]3c3ccncc3)cc12. The molecular weight excluding hydrogens is 416 g/mol. The van der Waals surface area contributed by atoms with E-state index in [0.717, 1.165) is 56.3 Å². The number of nitrogens with zero attached hydrogens (tertiary/aromatic N) is 4. The van der Waals surface area contributed by atoms with E-state index >= 15 is 0 Å². The molecule has 0 bridgehead atoms. The van der Waals surface area contributed by atoms with Crippen molar-refractivity contribution in [3.05, 3.63) is 81.6 Å². The Bertz CT molecular complexity index is 1200. The first-order valence-corrected chi connectivity index (χ1v) is 11.2. The van der Waals surface area contributed by atoms with Crippen molar-refractivity contribution in [1.29, 1.82) is 0 Å². The molecule has 0 aliphatic carbocycles. The van der Waals surface area contributed by atoms with E-state index in [-0.39, 0.29) is 11.9 Å². The second kappa shape index (κ2) is 7.85. The van der Waals surface area contributed by atoms with Crippen LogP contribution in [0.5, 0.6) is 0 Å². The second-order valence-corrected chi connectivity index (χ2v) is 9.10. The van der Waals surface area contributed by atoms with Crippen LogP contribution >= 0.6 is 22.9 Å². The molecule has 1 amide bonds. The van der Waals surface area contributed by atoms with E-state index in [1.807, 2.05) is 59.0 Å². The fourth-order valence-electron chi connectivity index (χ4n) is 4.17. The molecule has 1 aromatic carbocycles. The number of fused-ring (bicyclic) bond motifs is 1. The first-order chi connectivity index (χ1) is 14.6. The molecule has 1 aliphatic rings. The number of carbonyl (C=O) groups is 1. The van der Waals surface area contributed by atoms with Crippen LogP contribution in [0.3, 0.4) is 0 Å². The molecule has 1 fully saturated rings. The molecule has 1 aliphatic heterocycles. The van der Waals surface area contributed by atoms with Crippen LogP contribution in [0.2, 0.25) is 5.02 Å². The van der Waals surface area contributed by atoms with Gasteiger partial charge in [-0.2, -0.15) is 5.10 Å². The van der Waals surface area contributed by atoms with Crippen molar-refractivity contribution in [2.75, 3.05) is 6.54 Å². The second-order valence-electron chi connectivity index (χ2n) is 7.64. The summed E-state index contributed by atoms with van der Waals surface area (Å²) in [4.78, 5) is 21.3. The molecule has 0 unspecified atom stereocenters. The summed E-state index contributed by atoms with van der Waals surface area (Å²) in [5, 5.41) is 6.46. The van der Waals surface area contributed by atoms with E-state index in [1.165, 1.54) is 11.3 Å². The average molecular weight is 437 g/mol. The molecule has 0 spiro atoms. The van der Waals surface area contributed by atoms with Crippen molar-refractivity contribution >= 4 is 39.1 Å². The van der Waals surface area contributed by atoms with Gasteiger partial charge in [0.25, 0.3) is 5.91 Å². The number of likely N-dealkylation sites (tertiary alicyclic amines) is 1. The summed E-state index contributed by atoms with van der Waals surface area (Å²) in [6.45, 7) is 3.44. The monoisotopic (exact) mass is 436 g/mol. The molecule has 4 aromatic rings. The molecule has 0 N–H and O–H groups in total. The zero-order valence-corrected chi connectivity index (χ0v) is 18.2. The molecule has 5 nitrogen and oxygen atoms in total. The number of benzene rings is 1. The molecule has 1 saturated heterocycles. The minimum absolute atomic E-state index is 0.105. The topological polar surface area (TPSA) is 51.0 Å². The van der Waals surface area contributed by atoms with Gasteiger partial charge in [0, 0.05) is 29.3 Å². The standard InChI is InChI=1S/C23H21ClN4OS/c1-15-19-13-21(22(29)27-12-2-3-20(27)17-8-10-25-11-9-17)30-23(19)28(26-15)14-16-4-6-18(24)7-5-16/h4-11,13,20H,2-3,12,14H2,1H3/t20-/m1/s1. The van der Waals surface area contributed by atoms with Gasteiger partial charge in [-0.3, -0.25) is 14.5 Å². The van der Waals surface area contributed by atoms with Gasteiger partial charge in [-0.15, -0.1) is 11.3 Å². The Morgan fingerprint density at radius 1 is 1.20 bits per heavy atom. The highest BCUT2D eigenvalue weighted by Crippen LogP contribution is 2.36. The van der Waals surface area contributed by atoms with Gasteiger partial charge in [-0.25, -0.2) is 0 Å². The van der Waals surface area contributed by atoms with Crippen LogP contribution in [0.25, 0.3) is 10.2 Å². The lowest BCUT2D eigenvalue weighted by Gasteiger charge is -2.24. The van der Waals surface area contributed by atoms with Gasteiger partial charge in [0.1, 0.15) is 4.83 Å². The Hall–Kier alpha value is -2.70. The van der Waals surface area contributed by atoms with Gasteiger partial charge in [-0.1, -0.05) is 23.7 Å². The smallest absolute Gasteiger partial charge is 0.264 e. The fraction of sp³-hybridized carbons (Fsp3) is 0.261. The van der Waals surface area contributed by atoms with Crippen molar-refractivity contribution in [2.45, 2.75) is 32.4 Å². The number of rotatable bonds is 4. The molecule has 4 heterocycles. The third-order valence-electron chi connectivity index (χ3n) is 5.67. The van der Waals surface area contributed by atoms with E-state index in [9.17, 15) is 4.79 Å². The van der Waals surface area contributed by atoms with Crippen molar-refractivity contribution in [2.24, 2.45) is 0 Å². The number of hydrogen-bond donors (Lipinski definition) is 0. The summed E-state index contributed by atoms with van der Waals surface area (Å²) in [5.41, 5.74) is 3.23. The normalized spacial score (nSPS) is 16.5. The van der Waals surface area contributed by atoms with Gasteiger partial charge in [0.05, 0.1) is 23.2 Å². The molecule has 1 atom stereocenters. The first kappa shape index (κ1) is 19.3. The van der Waals surface area contributed by atoms with Gasteiger partial charge in [0.2, 0.25) is 0 Å². The molecule has 0 radical (unpaired) electrons. The van der Waals surface area contributed by atoms with E-state index in [1.54, 1.807) is 12.4 Å². The predicted molar refractivity (Wildman–Crippen MR) is 120 cm³/mol. The highest BCUT2D eigenvalue weighted by molar-refractivity contribution is 7.20. The van der Waals surface area contributed by atoms with E-state index in [2.05, 4.69) is 4.98 Å². The van der Waals surface area contributed by atoms with Crippen LogP contribution in [0, 0.1) is 6.92 Å². The number of pyridine rings is 1. The predicted octanol–water partition coefficient (Wildman–Crippen LogP) is 5.48. The number of hydrogen-bond acceptors (Lipinski definition) is 4. The summed E-state index contributed by atoms with van der Waals surface area (Å²) in [7, 11) is 0. The van der Waals surface area contributed by atoms with E-state index in [4.69, 9.17) is 16.7 Å². The van der Waals surface area contributed by atoms with Crippen LogP contribution in [-0.4, -0.2) is 32.1 Å². The minimum Gasteiger partial charge on any atom is -0.331 e. The maximum absolute atomic E-state index is 13.4. The molecule has 7 heteroatoms. The highest BCUT2D eigenvalue weighted by Gasteiger charge is 2.31. The molecule has 0 saturated carbocycles. The number of aromatic nitrogens is 3. The van der Waals surface area contributed by atoms with Gasteiger partial charge in [-0.05, 0) is 61.2 Å². The molecular formula is C23H21ClN4OS. The van der Waals surface area contributed by atoms with Crippen molar-refractivity contribution in [3.63, 3.8) is 0 Å². The summed E-state index contributed by atoms with van der Waals surface area (Å²) >= 11 is 7.53. The lowest BCUT2D eigenvalue weighted by molar-refractivity contribution is 0.0740. The van der Waals surface area contributed by atoms with E-state index in [0.29, 0.717) is 6.54 Å². The van der Waals surface area contributed by atoms with Crippen LogP contribution in [-0.2, 0) is 6.54 Å². The van der Waals surface area contributed by atoms with Crippen LogP contribution in [0.1, 0.15) is 45.4 Å². The molecule has 3 aromatic heterocycles. The van der Waals surface area contributed by atoms with Crippen LogP contribution in [0.4, 0.5) is 0 Å². The first-order valence-electron chi connectivity index (χ1n) is 10.0. The quantitative estimate of drug-likeness (QED) is 0.425. The molecule has 30 heavy (non-hydrogen) atoms. The maximum Gasteiger partial charge on any atom is 0.264 e. The Morgan fingerprint density at radius 3 is 2.73 bits per heavy atom. The van der Waals surface area contributed by atoms with Crippen LogP contribution in [0.15, 0.2) is 54.9 Å². The van der Waals surface area contributed by atoms with Gasteiger partial charge >= 0.3 is 0 Å². The summed E-state index contributed by atoms with van der Waals surface area (Å²) in [5.74, 6) is 0.105. The lowest BCUT2D eigenvalue weighted by Crippen LogP contribution is -2.29. The number of amides is 1. The summed E-state index contributed by atoms with van der Waals surface area (Å²) in [6, 6.07) is 13.9. The van der Waals surface area contributed by atoms with E-state index < -0.39 is 0 Å². The fourth-order valence-corrected chi connectivity index (χ4v) is 5.41.